The van der Waals surface area contributed by atoms with Crippen molar-refractivity contribution in [2.24, 2.45) is 4.99 Å². The fourth-order valence-electron chi connectivity index (χ4n) is 4.40. The van der Waals surface area contributed by atoms with Crippen molar-refractivity contribution in [2.75, 3.05) is 34.4 Å². The second-order valence-electron chi connectivity index (χ2n) is 8.71. The molecule has 7 nitrogen and oxygen atoms in total. The second kappa shape index (κ2) is 11.0. The van der Waals surface area contributed by atoms with Crippen molar-refractivity contribution in [3.8, 4) is 28.5 Å². The monoisotopic (exact) mass is 495 g/mol. The first-order valence-corrected chi connectivity index (χ1v) is 12.7. The van der Waals surface area contributed by atoms with Crippen LogP contribution in [-0.2, 0) is 11.3 Å². The third kappa shape index (κ3) is 5.37. The number of rotatable bonds is 9. The van der Waals surface area contributed by atoms with Gasteiger partial charge in [-0.25, -0.2) is 4.99 Å². The number of hydrogen-bond acceptors (Lipinski definition) is 6. The van der Waals surface area contributed by atoms with Gasteiger partial charge in [0.1, 0.15) is 0 Å². The Morgan fingerprint density at radius 2 is 1.74 bits per heavy atom. The summed E-state index contributed by atoms with van der Waals surface area (Å²) in [5, 5.41) is 2.12. The van der Waals surface area contributed by atoms with Gasteiger partial charge in [0.15, 0.2) is 16.3 Å². The Morgan fingerprint density at radius 3 is 2.37 bits per heavy atom. The van der Waals surface area contributed by atoms with E-state index in [9.17, 15) is 4.79 Å². The Hall–Kier alpha value is -3.26. The first-order valence-electron chi connectivity index (χ1n) is 11.8. The van der Waals surface area contributed by atoms with Crippen LogP contribution in [0.2, 0.25) is 0 Å². The van der Waals surface area contributed by atoms with Crippen molar-refractivity contribution < 1.29 is 19.0 Å². The van der Waals surface area contributed by atoms with Gasteiger partial charge in [0.25, 0.3) is 0 Å². The van der Waals surface area contributed by atoms with E-state index in [0.717, 1.165) is 59.8 Å². The maximum absolute atomic E-state index is 12.1. The fourth-order valence-corrected chi connectivity index (χ4v) is 5.35. The Bertz CT molecular complexity index is 1250. The maximum Gasteiger partial charge on any atom is 0.222 e. The summed E-state index contributed by atoms with van der Waals surface area (Å²) in [6, 6.07) is 10.2. The molecule has 0 radical (unpaired) electrons. The summed E-state index contributed by atoms with van der Waals surface area (Å²) < 4.78 is 18.9. The maximum atomic E-state index is 12.1. The third-order valence-electron chi connectivity index (χ3n) is 6.32. The molecule has 4 rings (SSSR count). The highest BCUT2D eigenvalue weighted by atomic mass is 32.1. The van der Waals surface area contributed by atoms with Crippen molar-refractivity contribution in [3.63, 3.8) is 0 Å². The molecule has 1 fully saturated rings. The molecule has 0 unspecified atom stereocenters. The number of likely N-dealkylation sites (tertiary alicyclic amines) is 1. The zero-order valence-electron chi connectivity index (χ0n) is 21.1. The third-order valence-corrected chi connectivity index (χ3v) is 7.18. The number of ether oxygens (including phenoxy) is 3. The van der Waals surface area contributed by atoms with Crippen LogP contribution >= 0.6 is 11.3 Å². The zero-order chi connectivity index (χ0) is 24.9. The summed E-state index contributed by atoms with van der Waals surface area (Å²) in [5.74, 6) is 2.03. The fraction of sp³-hybridized carbons (Fsp3) is 0.407. The Kier molecular flexibility index (Phi) is 7.80. The molecule has 0 atom stereocenters. The standard InChI is InChI=1S/C27H33N3O4S/c1-18-9-10-19(2)21(14-18)28-27-30(13-7-12-29-11-6-8-25(29)31)22(17-35-27)20-15-23(32-3)26(34-5)24(16-20)33-4/h9-10,14-17H,6-8,11-13H2,1-5H3. The van der Waals surface area contributed by atoms with Crippen LogP contribution in [0.5, 0.6) is 17.2 Å². The van der Waals surface area contributed by atoms with Gasteiger partial charge in [-0.2, -0.15) is 0 Å². The summed E-state index contributed by atoms with van der Waals surface area (Å²) in [6.07, 6.45) is 2.46. The minimum Gasteiger partial charge on any atom is -0.493 e. The number of thiazole rings is 1. The number of methoxy groups -OCH3 is 3. The predicted octanol–water partition coefficient (Wildman–Crippen LogP) is 5.10. The van der Waals surface area contributed by atoms with E-state index in [-0.39, 0.29) is 5.91 Å². The molecule has 186 valence electrons. The highest BCUT2D eigenvalue weighted by Gasteiger charge is 2.20. The average molecular weight is 496 g/mol. The van der Waals surface area contributed by atoms with Crippen LogP contribution in [0.15, 0.2) is 40.7 Å². The molecule has 1 amide bonds. The first-order chi connectivity index (χ1) is 16.9. The van der Waals surface area contributed by atoms with Gasteiger partial charge in [0, 0.05) is 37.0 Å². The summed E-state index contributed by atoms with van der Waals surface area (Å²) in [4.78, 5) is 20.0. The molecule has 1 saturated heterocycles. The van der Waals surface area contributed by atoms with E-state index in [4.69, 9.17) is 19.2 Å². The van der Waals surface area contributed by atoms with Gasteiger partial charge in [0.2, 0.25) is 11.7 Å². The van der Waals surface area contributed by atoms with Crippen LogP contribution < -0.4 is 19.0 Å². The number of hydrogen-bond donors (Lipinski definition) is 0. The van der Waals surface area contributed by atoms with Gasteiger partial charge in [-0.1, -0.05) is 12.1 Å². The molecule has 8 heteroatoms. The Balaban J connectivity index is 1.78. The van der Waals surface area contributed by atoms with E-state index in [2.05, 4.69) is 42.0 Å². The minimum atomic E-state index is 0.255. The van der Waals surface area contributed by atoms with Gasteiger partial charge < -0.3 is 23.7 Å². The van der Waals surface area contributed by atoms with Crippen LogP contribution in [0, 0.1) is 13.8 Å². The normalized spacial score (nSPS) is 14.0. The number of nitrogens with zero attached hydrogens (tertiary/aromatic N) is 3. The minimum absolute atomic E-state index is 0.255. The quantitative estimate of drug-likeness (QED) is 0.414. The molecule has 1 aromatic heterocycles. The molecule has 0 aliphatic carbocycles. The highest BCUT2D eigenvalue weighted by Crippen LogP contribution is 2.41. The molecule has 3 aromatic rings. The number of carbonyl (C=O) groups excluding carboxylic acids is 1. The molecule has 2 heterocycles. The smallest absolute Gasteiger partial charge is 0.222 e. The average Bonchev–Trinajstić information content (AvgIpc) is 3.46. The van der Waals surface area contributed by atoms with E-state index in [1.165, 1.54) is 5.56 Å². The topological polar surface area (TPSA) is 65.3 Å². The second-order valence-corrected chi connectivity index (χ2v) is 9.55. The van der Waals surface area contributed by atoms with Crippen LogP contribution in [0.1, 0.15) is 30.4 Å². The molecule has 0 spiro atoms. The summed E-state index contributed by atoms with van der Waals surface area (Å²) in [7, 11) is 4.85. The molecule has 0 saturated carbocycles. The van der Waals surface area contributed by atoms with Gasteiger partial charge in [0.05, 0.1) is 32.7 Å². The van der Waals surface area contributed by atoms with E-state index in [1.54, 1.807) is 32.7 Å². The van der Waals surface area contributed by atoms with E-state index >= 15 is 0 Å². The summed E-state index contributed by atoms with van der Waals surface area (Å²) in [5.41, 5.74) is 5.25. The largest absolute Gasteiger partial charge is 0.493 e. The first kappa shape index (κ1) is 24.9. The van der Waals surface area contributed by atoms with E-state index < -0.39 is 0 Å². The van der Waals surface area contributed by atoms with Gasteiger partial charge in [-0.05, 0) is 56.0 Å². The van der Waals surface area contributed by atoms with Crippen molar-refractivity contribution in [1.82, 2.24) is 9.47 Å². The molecule has 2 aromatic carbocycles. The Labute approximate surface area is 210 Å². The van der Waals surface area contributed by atoms with Crippen molar-refractivity contribution in [3.05, 3.63) is 51.6 Å². The number of aryl methyl sites for hydroxylation is 2. The lowest BCUT2D eigenvalue weighted by molar-refractivity contribution is -0.127. The predicted molar refractivity (Wildman–Crippen MR) is 139 cm³/mol. The number of amides is 1. The lowest BCUT2D eigenvalue weighted by Crippen LogP contribution is -2.27. The molecule has 1 aliphatic heterocycles. The summed E-state index contributed by atoms with van der Waals surface area (Å²) >= 11 is 1.60. The van der Waals surface area contributed by atoms with Gasteiger partial charge in [-0.15, -0.1) is 11.3 Å². The lowest BCUT2D eigenvalue weighted by atomic mass is 10.1. The van der Waals surface area contributed by atoms with Crippen molar-refractivity contribution in [2.45, 2.75) is 39.7 Å². The Morgan fingerprint density at radius 1 is 1.00 bits per heavy atom. The highest BCUT2D eigenvalue weighted by molar-refractivity contribution is 7.07. The van der Waals surface area contributed by atoms with Gasteiger partial charge in [-0.3, -0.25) is 4.79 Å². The van der Waals surface area contributed by atoms with Crippen LogP contribution in [-0.4, -0.2) is 49.8 Å². The van der Waals surface area contributed by atoms with E-state index in [0.29, 0.717) is 23.7 Å². The SMILES string of the molecule is COc1cc(-c2csc(=Nc3cc(C)ccc3C)n2CCCN2CCCC2=O)cc(OC)c1OC. The lowest BCUT2D eigenvalue weighted by Gasteiger charge is -2.17. The molecular weight excluding hydrogens is 462 g/mol. The van der Waals surface area contributed by atoms with E-state index in [1.807, 2.05) is 17.0 Å². The van der Waals surface area contributed by atoms with Gasteiger partial charge >= 0.3 is 0 Å². The van der Waals surface area contributed by atoms with Crippen LogP contribution in [0.25, 0.3) is 11.3 Å². The number of carbonyl (C=O) groups is 1. The molecular formula is C27H33N3O4S. The molecule has 0 bridgehead atoms. The van der Waals surface area contributed by atoms with Crippen LogP contribution in [0.4, 0.5) is 5.69 Å². The summed E-state index contributed by atoms with van der Waals surface area (Å²) in [6.45, 7) is 6.50. The zero-order valence-corrected chi connectivity index (χ0v) is 21.9. The number of aromatic nitrogens is 1. The van der Waals surface area contributed by atoms with Crippen LogP contribution in [0.3, 0.4) is 0 Å². The van der Waals surface area contributed by atoms with Crippen molar-refractivity contribution >= 4 is 22.9 Å². The molecule has 35 heavy (non-hydrogen) atoms. The van der Waals surface area contributed by atoms with Crippen molar-refractivity contribution in [1.29, 1.82) is 0 Å². The molecule has 1 aliphatic rings. The number of benzene rings is 2. The molecule has 0 N–H and O–H groups in total.